The van der Waals surface area contributed by atoms with Gasteiger partial charge in [0.2, 0.25) is 11.8 Å². The van der Waals surface area contributed by atoms with E-state index in [9.17, 15) is 22.7 Å². The molecule has 7 nitrogen and oxygen atoms in total. The van der Waals surface area contributed by atoms with Crippen LogP contribution in [0.4, 0.5) is 10.3 Å². The summed E-state index contributed by atoms with van der Waals surface area (Å²) in [5, 5.41) is 15.7. The summed E-state index contributed by atoms with van der Waals surface area (Å²) in [6.45, 7) is 2.44. The van der Waals surface area contributed by atoms with E-state index < -0.39 is 31.7 Å². The number of sulfone groups is 1. The number of halogens is 1. The molecule has 1 fully saturated rings. The van der Waals surface area contributed by atoms with Crippen LogP contribution in [0.15, 0.2) is 39.8 Å². The summed E-state index contributed by atoms with van der Waals surface area (Å²) in [7, 11) is -4.07. The van der Waals surface area contributed by atoms with Crippen molar-refractivity contribution in [3.63, 3.8) is 0 Å². The van der Waals surface area contributed by atoms with E-state index >= 15 is 0 Å². The highest BCUT2D eigenvalue weighted by molar-refractivity contribution is 7.93. The highest BCUT2D eigenvalue weighted by Crippen LogP contribution is 2.47. The Morgan fingerprint density at radius 2 is 1.96 bits per heavy atom. The molecule has 2 aromatic rings. The van der Waals surface area contributed by atoms with Gasteiger partial charge >= 0.3 is 0 Å². The fraction of sp³-hybridized carbons (Fsp3) is 0.412. The van der Waals surface area contributed by atoms with Gasteiger partial charge in [0, 0.05) is 11.5 Å². The van der Waals surface area contributed by atoms with Gasteiger partial charge in [-0.05, 0) is 51.0 Å². The molecule has 0 saturated heterocycles. The van der Waals surface area contributed by atoms with Crippen molar-refractivity contribution in [3.8, 4) is 0 Å². The number of hydrogen-bond donors (Lipinski definition) is 2. The lowest BCUT2D eigenvalue weighted by Crippen LogP contribution is -2.44. The molecule has 0 atom stereocenters. The molecule has 1 aliphatic carbocycles. The van der Waals surface area contributed by atoms with Gasteiger partial charge in [-0.3, -0.25) is 10.1 Å². The molecule has 1 aromatic carbocycles. The highest BCUT2D eigenvalue weighted by atomic mass is 32.2. The largest absolute Gasteiger partial charge is 0.395 e. The molecule has 140 valence electrons. The maximum absolute atomic E-state index is 13.0. The van der Waals surface area contributed by atoms with Gasteiger partial charge in [-0.25, -0.2) is 12.8 Å². The van der Waals surface area contributed by atoms with E-state index in [1.54, 1.807) is 0 Å². The topological polar surface area (TPSA) is 110 Å². The van der Waals surface area contributed by atoms with Gasteiger partial charge in [0.15, 0.2) is 9.84 Å². The monoisotopic (exact) mass is 382 g/mol. The summed E-state index contributed by atoms with van der Waals surface area (Å²) >= 11 is 0. The van der Waals surface area contributed by atoms with Gasteiger partial charge in [0.1, 0.15) is 10.6 Å². The number of rotatable bonds is 6. The first kappa shape index (κ1) is 18.5. The zero-order valence-electron chi connectivity index (χ0n) is 14.3. The molecule has 0 spiro atoms. The Morgan fingerprint density at radius 1 is 1.35 bits per heavy atom. The van der Waals surface area contributed by atoms with Crippen LogP contribution in [0.1, 0.15) is 32.4 Å². The summed E-state index contributed by atoms with van der Waals surface area (Å²) in [6, 6.07) is 5.76. The van der Waals surface area contributed by atoms with Gasteiger partial charge in [-0.1, -0.05) is 5.16 Å². The van der Waals surface area contributed by atoms with Crippen molar-refractivity contribution < 1.29 is 27.2 Å². The number of hydrogen-bond acceptors (Lipinski definition) is 6. The molecule has 26 heavy (non-hydrogen) atoms. The zero-order valence-corrected chi connectivity index (χ0v) is 15.1. The number of aliphatic hydroxyl groups excluding tert-OH is 1. The summed E-state index contributed by atoms with van der Waals surface area (Å²) in [4.78, 5) is 12.4. The van der Waals surface area contributed by atoms with E-state index in [2.05, 4.69) is 10.5 Å². The van der Waals surface area contributed by atoms with Crippen LogP contribution in [-0.2, 0) is 20.0 Å². The van der Waals surface area contributed by atoms with Crippen molar-refractivity contribution >= 4 is 21.6 Å². The molecule has 0 aliphatic heterocycles. The Kier molecular flexibility index (Phi) is 4.40. The molecule has 1 aliphatic rings. The van der Waals surface area contributed by atoms with Crippen molar-refractivity contribution in [1.29, 1.82) is 0 Å². The lowest BCUT2D eigenvalue weighted by Gasteiger charge is -2.23. The average molecular weight is 382 g/mol. The number of carbonyl (C=O) groups excluding carboxylic acids is 1. The van der Waals surface area contributed by atoms with E-state index in [4.69, 9.17) is 4.52 Å². The predicted molar refractivity (Wildman–Crippen MR) is 90.8 cm³/mol. The fourth-order valence-corrected chi connectivity index (χ4v) is 3.90. The standard InChI is InChI=1S/C17H19FN2O5S/c1-16(2,26(23,24)12-5-3-11(18)4-6-12)15(22)19-14-9-13(20-25-14)17(10-21)7-8-17/h3-6,9,21H,7-8,10H2,1-2H3,(H,19,22). The van der Waals surface area contributed by atoms with Gasteiger partial charge < -0.3 is 9.63 Å². The first-order valence-electron chi connectivity index (χ1n) is 8.02. The Balaban J connectivity index is 1.81. The molecule has 0 unspecified atom stereocenters. The number of aromatic nitrogens is 1. The summed E-state index contributed by atoms with van der Waals surface area (Å²) in [6.07, 6.45) is 1.54. The van der Waals surface area contributed by atoms with E-state index in [0.717, 1.165) is 37.1 Å². The minimum atomic E-state index is -4.07. The van der Waals surface area contributed by atoms with Crippen molar-refractivity contribution in [3.05, 3.63) is 41.8 Å². The number of aliphatic hydroxyl groups is 1. The minimum Gasteiger partial charge on any atom is -0.395 e. The van der Waals surface area contributed by atoms with Gasteiger partial charge in [0.05, 0.1) is 17.2 Å². The molecular formula is C17H19FN2O5S. The van der Waals surface area contributed by atoms with Crippen LogP contribution < -0.4 is 5.32 Å². The lowest BCUT2D eigenvalue weighted by atomic mass is 10.0. The van der Waals surface area contributed by atoms with Crippen LogP contribution in [0, 0.1) is 5.82 Å². The maximum Gasteiger partial charge on any atom is 0.248 e. The third-order valence-corrected chi connectivity index (χ3v) is 7.21. The van der Waals surface area contributed by atoms with Gasteiger partial charge in [0.25, 0.3) is 0 Å². The van der Waals surface area contributed by atoms with E-state index in [0.29, 0.717) is 5.69 Å². The Labute approximate surface area is 150 Å². The molecule has 2 N–H and O–H groups in total. The Hall–Kier alpha value is -2.26. The molecule has 3 rings (SSSR count). The molecule has 0 radical (unpaired) electrons. The third kappa shape index (κ3) is 3.01. The van der Waals surface area contributed by atoms with Gasteiger partial charge in [-0.2, -0.15) is 0 Å². The van der Waals surface area contributed by atoms with Crippen molar-refractivity contribution in [2.75, 3.05) is 11.9 Å². The van der Waals surface area contributed by atoms with Crippen molar-refractivity contribution in [1.82, 2.24) is 5.16 Å². The fourth-order valence-electron chi connectivity index (χ4n) is 2.52. The van der Waals surface area contributed by atoms with E-state index in [-0.39, 0.29) is 17.4 Å². The van der Waals surface area contributed by atoms with Crippen LogP contribution in [-0.4, -0.2) is 35.9 Å². The zero-order chi connectivity index (χ0) is 19.2. The third-order valence-electron chi connectivity index (χ3n) is 4.79. The number of carbonyl (C=O) groups is 1. The molecule has 9 heteroatoms. The van der Waals surface area contributed by atoms with Crippen LogP contribution in [0.2, 0.25) is 0 Å². The normalized spacial score (nSPS) is 16.3. The van der Waals surface area contributed by atoms with Crippen LogP contribution in [0.5, 0.6) is 0 Å². The number of anilines is 1. The second-order valence-corrected chi connectivity index (χ2v) is 9.44. The lowest BCUT2D eigenvalue weighted by molar-refractivity contribution is -0.118. The van der Waals surface area contributed by atoms with Crippen LogP contribution in [0.25, 0.3) is 0 Å². The number of nitrogens with zero attached hydrogens (tertiary/aromatic N) is 1. The predicted octanol–water partition coefficient (Wildman–Crippen LogP) is 2.03. The molecule has 1 heterocycles. The summed E-state index contributed by atoms with van der Waals surface area (Å²) in [5.41, 5.74) is 0.0943. The smallest absolute Gasteiger partial charge is 0.248 e. The number of benzene rings is 1. The summed E-state index contributed by atoms with van der Waals surface area (Å²) in [5.74, 6) is -1.37. The molecule has 1 saturated carbocycles. The molecular weight excluding hydrogens is 363 g/mol. The maximum atomic E-state index is 13.0. The summed E-state index contributed by atoms with van der Waals surface area (Å²) < 4.78 is 41.8. The van der Waals surface area contributed by atoms with Crippen molar-refractivity contribution in [2.24, 2.45) is 0 Å². The molecule has 0 bridgehead atoms. The van der Waals surface area contributed by atoms with Crippen molar-refractivity contribution in [2.45, 2.75) is 41.7 Å². The second kappa shape index (κ2) is 6.17. The quantitative estimate of drug-likeness (QED) is 0.740. The Bertz CT molecular complexity index is 930. The first-order valence-corrected chi connectivity index (χ1v) is 9.50. The van der Waals surface area contributed by atoms with Crippen LogP contribution >= 0.6 is 0 Å². The van der Waals surface area contributed by atoms with Gasteiger partial charge in [-0.15, -0.1) is 0 Å². The SMILES string of the molecule is CC(C)(C(=O)Nc1cc(C2(CO)CC2)no1)S(=O)(=O)c1ccc(F)cc1. The second-order valence-electron chi connectivity index (χ2n) is 6.94. The first-order chi connectivity index (χ1) is 12.1. The average Bonchev–Trinajstić information content (AvgIpc) is 3.27. The number of amides is 1. The molecule has 1 aromatic heterocycles. The minimum absolute atomic E-state index is 0.00658. The highest BCUT2D eigenvalue weighted by Gasteiger charge is 2.47. The Morgan fingerprint density at radius 3 is 2.50 bits per heavy atom. The van der Waals surface area contributed by atoms with Crippen LogP contribution in [0.3, 0.4) is 0 Å². The molecule has 1 amide bonds. The van der Waals surface area contributed by atoms with E-state index in [1.807, 2.05) is 0 Å². The number of nitrogens with one attached hydrogen (secondary N) is 1. The van der Waals surface area contributed by atoms with E-state index in [1.165, 1.54) is 19.9 Å².